The van der Waals surface area contributed by atoms with E-state index in [1.54, 1.807) is 0 Å². The van der Waals surface area contributed by atoms with Crippen molar-refractivity contribution in [3.63, 3.8) is 0 Å². The molecule has 1 N–H and O–H groups in total. The van der Waals surface area contributed by atoms with Gasteiger partial charge >= 0.3 is 0 Å². The van der Waals surface area contributed by atoms with Crippen LogP contribution in [0.2, 0.25) is 5.02 Å². The summed E-state index contributed by atoms with van der Waals surface area (Å²) >= 11 is 15.1. The Labute approximate surface area is 147 Å². The van der Waals surface area contributed by atoms with E-state index in [-0.39, 0.29) is 5.54 Å². The van der Waals surface area contributed by atoms with E-state index in [1.165, 1.54) is 0 Å². The Hall–Kier alpha value is -1.23. The summed E-state index contributed by atoms with van der Waals surface area (Å²) in [7, 11) is 0. The predicted octanol–water partition coefficient (Wildman–Crippen LogP) is 5.23. The SMILES string of the molecule is S=C1Nc2ccc(Br)cc2C(c2ccc(Cl)cc2)=NC12CC2. The molecule has 2 aromatic rings. The van der Waals surface area contributed by atoms with Crippen LogP contribution in [-0.4, -0.2) is 16.2 Å². The van der Waals surface area contributed by atoms with Gasteiger partial charge in [-0.25, -0.2) is 0 Å². The standard InChI is InChI=1S/C17H12BrClN2S/c18-11-3-6-14-13(9-11)15(10-1-4-12(19)5-2-10)21-17(7-8-17)16(22)20-14/h1-6,9H,7-8H2,(H,20,22). The summed E-state index contributed by atoms with van der Waals surface area (Å²) in [5.41, 5.74) is 3.86. The number of aliphatic imine (C=N–C) groups is 1. The molecule has 0 radical (unpaired) electrons. The predicted molar refractivity (Wildman–Crippen MR) is 99.4 cm³/mol. The minimum atomic E-state index is -0.226. The molecular formula is C17H12BrClN2S. The zero-order valence-electron chi connectivity index (χ0n) is 11.6. The second-order valence-electron chi connectivity index (χ2n) is 5.64. The molecule has 1 saturated carbocycles. The first-order valence-corrected chi connectivity index (χ1v) is 8.63. The first-order valence-electron chi connectivity index (χ1n) is 7.05. The van der Waals surface area contributed by atoms with Gasteiger partial charge in [-0.15, -0.1) is 0 Å². The molecule has 22 heavy (non-hydrogen) atoms. The van der Waals surface area contributed by atoms with Crippen molar-refractivity contribution in [2.45, 2.75) is 18.4 Å². The molecule has 0 bridgehead atoms. The molecule has 110 valence electrons. The molecule has 1 fully saturated rings. The van der Waals surface area contributed by atoms with Crippen molar-refractivity contribution < 1.29 is 0 Å². The summed E-state index contributed by atoms with van der Waals surface area (Å²) in [5, 5.41) is 4.11. The third-order valence-corrected chi connectivity index (χ3v) is 5.30. The van der Waals surface area contributed by atoms with E-state index in [9.17, 15) is 0 Å². The van der Waals surface area contributed by atoms with Crippen LogP contribution < -0.4 is 5.32 Å². The molecule has 4 rings (SSSR count). The van der Waals surface area contributed by atoms with Gasteiger partial charge in [-0.05, 0) is 43.2 Å². The third kappa shape index (κ3) is 2.39. The fraction of sp³-hybridized carbons (Fsp3) is 0.176. The van der Waals surface area contributed by atoms with E-state index in [2.05, 4.69) is 27.3 Å². The van der Waals surface area contributed by atoms with E-state index in [0.29, 0.717) is 0 Å². The summed E-state index contributed by atoms with van der Waals surface area (Å²) in [6, 6.07) is 13.9. The van der Waals surface area contributed by atoms with Crippen molar-refractivity contribution in [1.82, 2.24) is 0 Å². The van der Waals surface area contributed by atoms with E-state index in [0.717, 1.165) is 49.9 Å². The van der Waals surface area contributed by atoms with Gasteiger partial charge in [0.2, 0.25) is 0 Å². The maximum Gasteiger partial charge on any atom is 0.112 e. The number of nitrogens with zero attached hydrogens (tertiary/aromatic N) is 1. The van der Waals surface area contributed by atoms with E-state index in [4.69, 9.17) is 28.8 Å². The van der Waals surface area contributed by atoms with Crippen LogP contribution in [0.4, 0.5) is 5.69 Å². The van der Waals surface area contributed by atoms with Gasteiger partial charge < -0.3 is 5.32 Å². The van der Waals surface area contributed by atoms with Crippen LogP contribution in [0.5, 0.6) is 0 Å². The molecule has 2 aromatic carbocycles. The van der Waals surface area contributed by atoms with E-state index in [1.807, 2.05) is 36.4 Å². The largest absolute Gasteiger partial charge is 0.347 e. The fourth-order valence-electron chi connectivity index (χ4n) is 2.67. The lowest BCUT2D eigenvalue weighted by molar-refractivity contribution is 0.926. The summed E-state index contributed by atoms with van der Waals surface area (Å²) in [5.74, 6) is 0. The Bertz CT molecular complexity index is 810. The van der Waals surface area contributed by atoms with Gasteiger partial charge in [0, 0.05) is 26.3 Å². The van der Waals surface area contributed by atoms with Crippen LogP contribution in [0.3, 0.4) is 0 Å². The molecule has 1 spiro atoms. The Morgan fingerprint density at radius 3 is 2.55 bits per heavy atom. The molecule has 1 heterocycles. The third-order valence-electron chi connectivity index (χ3n) is 4.07. The van der Waals surface area contributed by atoms with Gasteiger partial charge in [0.05, 0.1) is 5.71 Å². The van der Waals surface area contributed by atoms with Crippen molar-refractivity contribution >= 4 is 56.1 Å². The Balaban J connectivity index is 1.95. The number of hydrogen-bond donors (Lipinski definition) is 1. The topological polar surface area (TPSA) is 24.4 Å². The normalized spacial score (nSPS) is 18.3. The molecule has 1 aliphatic heterocycles. The average Bonchev–Trinajstić information content (AvgIpc) is 3.29. The number of nitrogens with one attached hydrogen (secondary N) is 1. The highest BCUT2D eigenvalue weighted by Crippen LogP contribution is 2.45. The summed E-state index contributed by atoms with van der Waals surface area (Å²) in [6.45, 7) is 0. The van der Waals surface area contributed by atoms with Crippen LogP contribution >= 0.6 is 39.7 Å². The quantitative estimate of drug-likeness (QED) is 0.674. The van der Waals surface area contributed by atoms with Gasteiger partial charge in [0.1, 0.15) is 10.5 Å². The lowest BCUT2D eigenvalue weighted by atomic mass is 10.0. The van der Waals surface area contributed by atoms with Crippen LogP contribution in [0, 0.1) is 0 Å². The summed E-state index contributed by atoms with van der Waals surface area (Å²) in [4.78, 5) is 5.85. The monoisotopic (exact) mass is 390 g/mol. The van der Waals surface area contributed by atoms with Gasteiger partial charge in [0.15, 0.2) is 0 Å². The molecule has 0 amide bonds. The van der Waals surface area contributed by atoms with Crippen molar-refractivity contribution in [3.8, 4) is 0 Å². The van der Waals surface area contributed by atoms with Gasteiger partial charge in [-0.2, -0.15) is 0 Å². The average molecular weight is 392 g/mol. The zero-order valence-corrected chi connectivity index (χ0v) is 14.7. The maximum atomic E-state index is 6.02. The molecule has 2 nitrogen and oxygen atoms in total. The minimum Gasteiger partial charge on any atom is -0.347 e. The molecule has 0 unspecified atom stereocenters. The Kier molecular flexibility index (Phi) is 3.36. The summed E-state index contributed by atoms with van der Waals surface area (Å²) in [6.07, 6.45) is 2.01. The molecule has 0 saturated heterocycles. The first-order chi connectivity index (χ1) is 10.6. The maximum absolute atomic E-state index is 6.02. The Morgan fingerprint density at radius 2 is 1.86 bits per heavy atom. The zero-order chi connectivity index (χ0) is 15.3. The number of rotatable bonds is 1. The van der Waals surface area contributed by atoms with Gasteiger partial charge in [0.25, 0.3) is 0 Å². The molecule has 5 heteroatoms. The van der Waals surface area contributed by atoms with Gasteiger partial charge in [-0.1, -0.05) is 51.9 Å². The number of thiocarbonyl (C=S) groups is 1. The number of fused-ring (bicyclic) bond motifs is 1. The Morgan fingerprint density at radius 1 is 1.14 bits per heavy atom. The highest BCUT2D eigenvalue weighted by atomic mass is 79.9. The minimum absolute atomic E-state index is 0.226. The fourth-order valence-corrected chi connectivity index (χ4v) is 3.52. The van der Waals surface area contributed by atoms with Crippen molar-refractivity contribution in [2.75, 3.05) is 5.32 Å². The lowest BCUT2D eigenvalue weighted by Gasteiger charge is -2.11. The highest BCUT2D eigenvalue weighted by molar-refractivity contribution is 9.10. The second-order valence-corrected chi connectivity index (χ2v) is 7.40. The van der Waals surface area contributed by atoms with E-state index >= 15 is 0 Å². The molecule has 0 atom stereocenters. The number of anilines is 1. The first kappa shape index (κ1) is 14.4. The van der Waals surface area contributed by atoms with Crippen LogP contribution in [-0.2, 0) is 0 Å². The number of hydrogen-bond acceptors (Lipinski definition) is 2. The smallest absolute Gasteiger partial charge is 0.112 e. The molecule has 2 aliphatic rings. The molecular weight excluding hydrogens is 380 g/mol. The van der Waals surface area contributed by atoms with Crippen LogP contribution in [0.25, 0.3) is 0 Å². The number of benzene rings is 2. The van der Waals surface area contributed by atoms with Crippen molar-refractivity contribution in [3.05, 3.63) is 63.1 Å². The van der Waals surface area contributed by atoms with Crippen molar-refractivity contribution in [2.24, 2.45) is 4.99 Å². The van der Waals surface area contributed by atoms with E-state index < -0.39 is 0 Å². The lowest BCUT2D eigenvalue weighted by Crippen LogP contribution is -2.25. The van der Waals surface area contributed by atoms with Gasteiger partial charge in [-0.3, -0.25) is 4.99 Å². The second kappa shape index (κ2) is 5.15. The van der Waals surface area contributed by atoms with Crippen LogP contribution in [0.15, 0.2) is 51.9 Å². The number of halogens is 2. The summed E-state index contributed by atoms with van der Waals surface area (Å²) < 4.78 is 1.02. The van der Waals surface area contributed by atoms with Crippen molar-refractivity contribution in [1.29, 1.82) is 0 Å². The molecule has 0 aromatic heterocycles. The highest BCUT2D eigenvalue weighted by Gasteiger charge is 2.48. The molecule has 1 aliphatic carbocycles. The van der Waals surface area contributed by atoms with Crippen LogP contribution in [0.1, 0.15) is 24.0 Å².